The molecule has 0 aliphatic carbocycles. The third-order valence-electron chi connectivity index (χ3n) is 5.58. The molecule has 0 radical (unpaired) electrons. The van der Waals surface area contributed by atoms with Crippen LogP contribution in [-0.2, 0) is 9.59 Å². The summed E-state index contributed by atoms with van der Waals surface area (Å²) in [5, 5.41) is 14.9. The number of nitro benzene ring substituents is 1. The standard InChI is InChI=1S/C25H30N4O4S/c1-17(2)19-7-5-6-8-22(19)34-23-11-9-18(15-21(23)29(32)33)10-12-24(30)28-14-13-26-20(16-28)25(31)27(3)4/h5-12,15,17,20,26H,13-14,16H2,1-4H3/b12-10+. The zero-order valence-electron chi connectivity index (χ0n) is 19.9. The van der Waals surface area contributed by atoms with Gasteiger partial charge < -0.3 is 15.1 Å². The van der Waals surface area contributed by atoms with E-state index in [1.54, 1.807) is 37.2 Å². The highest BCUT2D eigenvalue weighted by Gasteiger charge is 2.28. The zero-order chi connectivity index (χ0) is 24.8. The minimum absolute atomic E-state index is 0.00280. The van der Waals surface area contributed by atoms with Gasteiger partial charge in [-0.3, -0.25) is 19.7 Å². The van der Waals surface area contributed by atoms with E-state index in [2.05, 4.69) is 19.2 Å². The number of amides is 2. The Morgan fingerprint density at radius 1 is 1.21 bits per heavy atom. The Bertz CT molecular complexity index is 1100. The molecule has 1 saturated heterocycles. The van der Waals surface area contributed by atoms with Crippen LogP contribution < -0.4 is 5.32 Å². The average Bonchev–Trinajstić information content (AvgIpc) is 2.82. The van der Waals surface area contributed by atoms with E-state index >= 15 is 0 Å². The fourth-order valence-electron chi connectivity index (χ4n) is 3.74. The Kier molecular flexibility index (Phi) is 8.46. The van der Waals surface area contributed by atoms with Crippen molar-refractivity contribution in [3.05, 3.63) is 69.8 Å². The van der Waals surface area contributed by atoms with Crippen LogP contribution in [0.25, 0.3) is 6.08 Å². The fraction of sp³-hybridized carbons (Fsp3) is 0.360. The number of nitro groups is 1. The van der Waals surface area contributed by atoms with Crippen molar-refractivity contribution >= 4 is 35.3 Å². The highest BCUT2D eigenvalue weighted by molar-refractivity contribution is 7.99. The Morgan fingerprint density at radius 2 is 1.94 bits per heavy atom. The predicted molar refractivity (Wildman–Crippen MR) is 134 cm³/mol. The quantitative estimate of drug-likeness (QED) is 0.367. The molecule has 0 saturated carbocycles. The number of carbonyl (C=O) groups is 2. The molecule has 3 rings (SSSR count). The number of likely N-dealkylation sites (N-methyl/N-ethyl adjacent to an activating group) is 1. The van der Waals surface area contributed by atoms with Gasteiger partial charge in [0, 0.05) is 50.8 Å². The van der Waals surface area contributed by atoms with Crippen molar-refractivity contribution in [3.63, 3.8) is 0 Å². The summed E-state index contributed by atoms with van der Waals surface area (Å²) in [6, 6.07) is 12.4. The second-order valence-corrected chi connectivity index (χ2v) is 9.72. The van der Waals surface area contributed by atoms with E-state index in [0.29, 0.717) is 29.5 Å². The summed E-state index contributed by atoms with van der Waals surface area (Å²) in [4.78, 5) is 40.9. The Balaban J connectivity index is 1.76. The number of rotatable bonds is 7. The topological polar surface area (TPSA) is 95.8 Å². The van der Waals surface area contributed by atoms with Crippen molar-refractivity contribution < 1.29 is 14.5 Å². The predicted octanol–water partition coefficient (Wildman–Crippen LogP) is 3.77. The average molecular weight is 483 g/mol. The van der Waals surface area contributed by atoms with E-state index in [0.717, 1.165) is 10.5 Å². The van der Waals surface area contributed by atoms with Crippen LogP contribution in [0, 0.1) is 10.1 Å². The van der Waals surface area contributed by atoms with Crippen molar-refractivity contribution in [1.82, 2.24) is 15.1 Å². The van der Waals surface area contributed by atoms with Gasteiger partial charge in [-0.15, -0.1) is 0 Å². The van der Waals surface area contributed by atoms with Crippen LogP contribution in [0.2, 0.25) is 0 Å². The normalized spacial score (nSPS) is 16.1. The first-order valence-corrected chi connectivity index (χ1v) is 12.0. The number of hydrogen-bond donors (Lipinski definition) is 1. The van der Waals surface area contributed by atoms with Gasteiger partial charge in [0.1, 0.15) is 6.04 Å². The van der Waals surface area contributed by atoms with Crippen LogP contribution in [0.3, 0.4) is 0 Å². The summed E-state index contributed by atoms with van der Waals surface area (Å²) in [6.45, 7) is 5.49. The zero-order valence-corrected chi connectivity index (χ0v) is 20.7. The number of hydrogen-bond acceptors (Lipinski definition) is 6. The van der Waals surface area contributed by atoms with Crippen LogP contribution in [0.15, 0.2) is 58.3 Å². The van der Waals surface area contributed by atoms with Crippen LogP contribution in [0.4, 0.5) is 5.69 Å². The van der Waals surface area contributed by atoms with Gasteiger partial charge in [-0.25, -0.2) is 0 Å². The van der Waals surface area contributed by atoms with E-state index in [1.807, 2.05) is 24.3 Å². The number of piperazine rings is 1. The summed E-state index contributed by atoms with van der Waals surface area (Å²) in [7, 11) is 3.36. The molecule has 1 fully saturated rings. The van der Waals surface area contributed by atoms with Gasteiger partial charge in [0.05, 0.1) is 9.82 Å². The highest BCUT2D eigenvalue weighted by Crippen LogP contribution is 2.39. The molecule has 1 N–H and O–H groups in total. The summed E-state index contributed by atoms with van der Waals surface area (Å²) >= 11 is 1.37. The van der Waals surface area contributed by atoms with Gasteiger partial charge in [-0.05, 0) is 35.3 Å². The maximum atomic E-state index is 12.7. The molecule has 34 heavy (non-hydrogen) atoms. The minimum Gasteiger partial charge on any atom is -0.347 e. The molecular weight excluding hydrogens is 452 g/mol. The van der Waals surface area contributed by atoms with E-state index in [9.17, 15) is 19.7 Å². The molecule has 9 heteroatoms. The molecule has 1 aliphatic heterocycles. The first kappa shape index (κ1) is 25.5. The monoisotopic (exact) mass is 482 g/mol. The molecule has 2 amide bonds. The first-order valence-electron chi connectivity index (χ1n) is 11.1. The Morgan fingerprint density at radius 3 is 2.62 bits per heavy atom. The Hall–Kier alpha value is -3.17. The van der Waals surface area contributed by atoms with Gasteiger partial charge in [0.15, 0.2) is 0 Å². The Labute approximate surface area is 204 Å². The van der Waals surface area contributed by atoms with Gasteiger partial charge >= 0.3 is 0 Å². The molecule has 2 aromatic rings. The van der Waals surface area contributed by atoms with Crippen LogP contribution in [-0.4, -0.2) is 66.3 Å². The second-order valence-electron chi connectivity index (χ2n) is 8.64. The van der Waals surface area contributed by atoms with E-state index in [-0.39, 0.29) is 24.0 Å². The van der Waals surface area contributed by atoms with Gasteiger partial charge in [0.2, 0.25) is 11.8 Å². The lowest BCUT2D eigenvalue weighted by molar-refractivity contribution is -0.387. The lowest BCUT2D eigenvalue weighted by Gasteiger charge is -2.33. The molecular formula is C25H30N4O4S. The summed E-state index contributed by atoms with van der Waals surface area (Å²) in [5.41, 5.74) is 1.70. The van der Waals surface area contributed by atoms with Crippen LogP contribution in [0.1, 0.15) is 30.9 Å². The fourth-order valence-corrected chi connectivity index (χ4v) is 4.92. The minimum atomic E-state index is -0.438. The highest BCUT2D eigenvalue weighted by atomic mass is 32.2. The molecule has 180 valence electrons. The lowest BCUT2D eigenvalue weighted by Crippen LogP contribution is -2.57. The van der Waals surface area contributed by atoms with E-state index in [4.69, 9.17) is 0 Å². The van der Waals surface area contributed by atoms with Gasteiger partial charge in [-0.2, -0.15) is 0 Å². The van der Waals surface area contributed by atoms with Gasteiger partial charge in [-0.1, -0.05) is 49.9 Å². The maximum Gasteiger partial charge on any atom is 0.283 e. The number of nitrogens with zero attached hydrogens (tertiary/aromatic N) is 3. The molecule has 2 aromatic carbocycles. The molecule has 8 nitrogen and oxygen atoms in total. The van der Waals surface area contributed by atoms with Crippen molar-refractivity contribution in [2.24, 2.45) is 0 Å². The SMILES string of the molecule is CC(C)c1ccccc1Sc1ccc(/C=C/C(=O)N2CCNC(C(=O)N(C)C)C2)cc1[N+](=O)[O-]. The molecule has 1 unspecified atom stereocenters. The van der Waals surface area contributed by atoms with Crippen molar-refractivity contribution in [3.8, 4) is 0 Å². The van der Waals surface area contributed by atoms with E-state index < -0.39 is 11.0 Å². The third-order valence-corrected chi connectivity index (χ3v) is 6.74. The van der Waals surface area contributed by atoms with Crippen LogP contribution in [0.5, 0.6) is 0 Å². The molecule has 0 aromatic heterocycles. The third kappa shape index (κ3) is 6.24. The summed E-state index contributed by atoms with van der Waals surface area (Å²) in [6.07, 6.45) is 2.99. The molecule has 0 spiro atoms. The lowest BCUT2D eigenvalue weighted by atomic mass is 10.0. The molecule has 1 heterocycles. The van der Waals surface area contributed by atoms with Crippen molar-refractivity contribution in [2.75, 3.05) is 33.7 Å². The smallest absolute Gasteiger partial charge is 0.283 e. The first-order chi connectivity index (χ1) is 16.2. The van der Waals surface area contributed by atoms with Gasteiger partial charge in [0.25, 0.3) is 5.69 Å². The number of benzene rings is 2. The molecule has 1 aliphatic rings. The number of nitrogens with one attached hydrogen (secondary N) is 1. The summed E-state index contributed by atoms with van der Waals surface area (Å²) in [5.74, 6) is -0.0113. The number of carbonyl (C=O) groups excluding carboxylic acids is 2. The van der Waals surface area contributed by atoms with E-state index in [1.165, 1.54) is 28.8 Å². The van der Waals surface area contributed by atoms with Crippen molar-refractivity contribution in [1.29, 1.82) is 0 Å². The molecule has 1 atom stereocenters. The summed E-state index contributed by atoms with van der Waals surface area (Å²) < 4.78 is 0. The molecule has 0 bridgehead atoms. The van der Waals surface area contributed by atoms with Crippen LogP contribution >= 0.6 is 11.8 Å². The maximum absolute atomic E-state index is 12.7. The second kappa shape index (κ2) is 11.3. The van der Waals surface area contributed by atoms with Crippen molar-refractivity contribution in [2.45, 2.75) is 35.6 Å². The largest absolute Gasteiger partial charge is 0.347 e.